The van der Waals surface area contributed by atoms with Gasteiger partial charge in [-0.3, -0.25) is 4.79 Å². The smallest absolute Gasteiger partial charge is 0.331 e. The second-order valence-corrected chi connectivity index (χ2v) is 6.54. The fourth-order valence-corrected chi connectivity index (χ4v) is 2.73. The third-order valence-corrected chi connectivity index (χ3v) is 4.30. The van der Waals surface area contributed by atoms with Crippen LogP contribution in [0.3, 0.4) is 0 Å². The molecule has 3 aromatic rings. The molecule has 0 aromatic heterocycles. The number of amides is 1. The van der Waals surface area contributed by atoms with Gasteiger partial charge in [-0.1, -0.05) is 18.2 Å². The van der Waals surface area contributed by atoms with Crippen LogP contribution >= 0.6 is 0 Å². The molecule has 0 unspecified atom stereocenters. The van der Waals surface area contributed by atoms with E-state index < -0.39 is 18.5 Å². The predicted molar refractivity (Wildman–Crippen MR) is 121 cm³/mol. The van der Waals surface area contributed by atoms with Gasteiger partial charge in [0.15, 0.2) is 6.61 Å². The number of anilines is 1. The van der Waals surface area contributed by atoms with E-state index >= 15 is 0 Å². The Bertz CT molecular complexity index is 1080. The Morgan fingerprint density at radius 1 is 0.844 bits per heavy atom. The van der Waals surface area contributed by atoms with Gasteiger partial charge in [0.2, 0.25) is 0 Å². The first-order valence-electron chi connectivity index (χ1n) is 9.77. The monoisotopic (exact) mass is 433 g/mol. The quantitative estimate of drug-likeness (QED) is 0.389. The molecule has 0 atom stereocenters. The van der Waals surface area contributed by atoms with Crippen LogP contribution in [-0.4, -0.2) is 32.7 Å². The zero-order valence-corrected chi connectivity index (χ0v) is 17.7. The van der Waals surface area contributed by atoms with Gasteiger partial charge < -0.3 is 24.3 Å². The second-order valence-electron chi connectivity index (χ2n) is 6.54. The minimum atomic E-state index is -0.648. The van der Waals surface area contributed by atoms with E-state index in [4.69, 9.17) is 18.9 Å². The van der Waals surface area contributed by atoms with Crippen molar-refractivity contribution in [2.45, 2.75) is 0 Å². The SMILES string of the molecule is COc1ccc(C=CC(=O)OCC(=O)Nc2ccc(Oc3ccccc3)cc2)c(OC)c1. The lowest BCUT2D eigenvalue weighted by Gasteiger charge is -2.08. The molecule has 0 heterocycles. The van der Waals surface area contributed by atoms with Crippen LogP contribution in [-0.2, 0) is 14.3 Å². The minimum Gasteiger partial charge on any atom is -0.497 e. The van der Waals surface area contributed by atoms with Gasteiger partial charge in [-0.05, 0) is 54.6 Å². The molecule has 164 valence electrons. The predicted octanol–water partition coefficient (Wildman–Crippen LogP) is 4.69. The molecule has 0 aliphatic heterocycles. The van der Waals surface area contributed by atoms with Crippen molar-refractivity contribution < 1.29 is 28.5 Å². The van der Waals surface area contributed by atoms with E-state index in [0.717, 1.165) is 5.75 Å². The Labute approximate surface area is 186 Å². The minimum absolute atomic E-state index is 0.412. The number of esters is 1. The van der Waals surface area contributed by atoms with Gasteiger partial charge in [0.1, 0.15) is 23.0 Å². The van der Waals surface area contributed by atoms with Crippen molar-refractivity contribution in [1.29, 1.82) is 0 Å². The number of para-hydroxylation sites is 1. The maximum atomic E-state index is 12.1. The summed E-state index contributed by atoms with van der Waals surface area (Å²) < 4.78 is 21.1. The fraction of sp³-hybridized carbons (Fsp3) is 0.120. The molecule has 1 amide bonds. The molecule has 0 bridgehead atoms. The van der Waals surface area contributed by atoms with E-state index in [1.165, 1.54) is 13.2 Å². The van der Waals surface area contributed by atoms with E-state index in [1.807, 2.05) is 30.3 Å². The largest absolute Gasteiger partial charge is 0.497 e. The Kier molecular flexibility index (Phi) is 7.86. The number of rotatable bonds is 9. The summed E-state index contributed by atoms with van der Waals surface area (Å²) in [5.74, 6) is 1.44. The molecule has 0 aliphatic carbocycles. The molecule has 0 radical (unpaired) electrons. The van der Waals surface area contributed by atoms with Crippen molar-refractivity contribution >= 4 is 23.6 Å². The summed E-state index contributed by atoms with van der Waals surface area (Å²) in [6.07, 6.45) is 2.78. The normalized spacial score (nSPS) is 10.4. The van der Waals surface area contributed by atoms with Crippen LogP contribution in [0.2, 0.25) is 0 Å². The van der Waals surface area contributed by atoms with Crippen molar-refractivity contribution in [3.63, 3.8) is 0 Å². The molecule has 7 nitrogen and oxygen atoms in total. The van der Waals surface area contributed by atoms with Crippen molar-refractivity contribution in [3.05, 3.63) is 84.4 Å². The number of hydrogen-bond acceptors (Lipinski definition) is 6. The highest BCUT2D eigenvalue weighted by molar-refractivity contribution is 5.94. The highest BCUT2D eigenvalue weighted by atomic mass is 16.5. The van der Waals surface area contributed by atoms with Gasteiger partial charge in [0, 0.05) is 23.4 Å². The summed E-state index contributed by atoms with van der Waals surface area (Å²) in [5, 5.41) is 2.66. The molecule has 3 rings (SSSR count). The van der Waals surface area contributed by atoms with Crippen LogP contribution in [0, 0.1) is 0 Å². The van der Waals surface area contributed by atoms with Gasteiger partial charge in [0.05, 0.1) is 14.2 Å². The lowest BCUT2D eigenvalue weighted by atomic mass is 10.2. The Morgan fingerprint density at radius 3 is 2.22 bits per heavy atom. The summed E-state index contributed by atoms with van der Waals surface area (Å²) in [5.41, 5.74) is 1.23. The number of methoxy groups -OCH3 is 2. The van der Waals surface area contributed by atoms with Gasteiger partial charge >= 0.3 is 5.97 Å². The third kappa shape index (κ3) is 6.63. The summed E-state index contributed by atoms with van der Waals surface area (Å²) in [4.78, 5) is 24.0. The Hall–Kier alpha value is -4.26. The standard InChI is InChI=1S/C25H23NO6/c1-29-22-12-8-18(23(16-22)30-2)9-15-25(28)31-17-24(27)26-19-10-13-21(14-11-19)32-20-6-4-3-5-7-20/h3-16H,17H2,1-2H3,(H,26,27). The van der Waals surface area contributed by atoms with Crippen LogP contribution in [0.1, 0.15) is 5.56 Å². The maximum Gasteiger partial charge on any atom is 0.331 e. The van der Waals surface area contributed by atoms with Gasteiger partial charge in [-0.2, -0.15) is 0 Å². The molecule has 3 aromatic carbocycles. The number of carbonyl (C=O) groups is 2. The van der Waals surface area contributed by atoms with Crippen molar-refractivity contribution in [2.24, 2.45) is 0 Å². The van der Waals surface area contributed by atoms with Gasteiger partial charge in [0.25, 0.3) is 5.91 Å². The highest BCUT2D eigenvalue weighted by Gasteiger charge is 2.07. The Balaban J connectivity index is 1.47. The van der Waals surface area contributed by atoms with Crippen molar-refractivity contribution in [3.8, 4) is 23.0 Å². The molecule has 0 aliphatic rings. The molecule has 32 heavy (non-hydrogen) atoms. The summed E-state index contributed by atoms with van der Waals surface area (Å²) in [6.45, 7) is -0.412. The first kappa shape index (κ1) is 22.4. The highest BCUT2D eigenvalue weighted by Crippen LogP contribution is 2.25. The maximum absolute atomic E-state index is 12.1. The fourth-order valence-electron chi connectivity index (χ4n) is 2.73. The molecular weight excluding hydrogens is 410 g/mol. The van der Waals surface area contributed by atoms with Gasteiger partial charge in [-0.15, -0.1) is 0 Å². The Morgan fingerprint density at radius 2 is 1.53 bits per heavy atom. The molecule has 1 N–H and O–H groups in total. The first-order chi connectivity index (χ1) is 15.6. The second kappa shape index (κ2) is 11.2. The van der Waals surface area contributed by atoms with E-state index in [0.29, 0.717) is 28.5 Å². The van der Waals surface area contributed by atoms with Crippen molar-refractivity contribution in [1.82, 2.24) is 0 Å². The first-order valence-corrected chi connectivity index (χ1v) is 9.77. The number of carbonyl (C=O) groups excluding carboxylic acids is 2. The van der Waals surface area contributed by atoms with Crippen molar-refractivity contribution in [2.75, 3.05) is 26.1 Å². The molecule has 0 fully saturated rings. The average Bonchev–Trinajstić information content (AvgIpc) is 2.83. The van der Waals surface area contributed by atoms with Gasteiger partial charge in [-0.25, -0.2) is 4.79 Å². The zero-order chi connectivity index (χ0) is 22.8. The average molecular weight is 433 g/mol. The zero-order valence-electron chi connectivity index (χ0n) is 17.7. The van der Waals surface area contributed by atoms with E-state index in [-0.39, 0.29) is 0 Å². The topological polar surface area (TPSA) is 83.1 Å². The van der Waals surface area contributed by atoms with Crippen LogP contribution in [0.5, 0.6) is 23.0 Å². The summed E-state index contributed by atoms with van der Waals surface area (Å²) in [6, 6.07) is 21.4. The van der Waals surface area contributed by atoms with E-state index in [2.05, 4.69) is 5.32 Å². The van der Waals surface area contributed by atoms with Crippen LogP contribution in [0.15, 0.2) is 78.9 Å². The molecule has 0 saturated carbocycles. The van der Waals surface area contributed by atoms with Crippen LogP contribution in [0.25, 0.3) is 6.08 Å². The van der Waals surface area contributed by atoms with E-state index in [9.17, 15) is 9.59 Å². The van der Waals surface area contributed by atoms with Crippen LogP contribution < -0.4 is 19.5 Å². The molecular formula is C25H23NO6. The lowest BCUT2D eigenvalue weighted by molar-refractivity contribution is -0.142. The molecule has 0 spiro atoms. The summed E-state index contributed by atoms with van der Waals surface area (Å²) in [7, 11) is 3.08. The van der Waals surface area contributed by atoms with Crippen LogP contribution in [0.4, 0.5) is 5.69 Å². The van der Waals surface area contributed by atoms with E-state index in [1.54, 1.807) is 55.7 Å². The third-order valence-electron chi connectivity index (χ3n) is 4.30. The number of nitrogens with one attached hydrogen (secondary N) is 1. The number of ether oxygens (including phenoxy) is 4. The lowest BCUT2D eigenvalue weighted by Crippen LogP contribution is -2.20. The number of benzene rings is 3. The molecule has 0 saturated heterocycles. The molecule has 7 heteroatoms. The number of hydrogen-bond donors (Lipinski definition) is 1. The summed E-state index contributed by atoms with van der Waals surface area (Å²) >= 11 is 0.